The van der Waals surface area contributed by atoms with E-state index in [0.29, 0.717) is 0 Å². The van der Waals surface area contributed by atoms with Crippen molar-refractivity contribution in [3.05, 3.63) is 198 Å². The van der Waals surface area contributed by atoms with E-state index in [-0.39, 0.29) is 5.92 Å². The normalized spacial score (nSPS) is 17.0. The van der Waals surface area contributed by atoms with Crippen LogP contribution in [-0.2, 0) is 0 Å². The summed E-state index contributed by atoms with van der Waals surface area (Å²) in [5, 5.41) is 7.50. The third-order valence-electron chi connectivity index (χ3n) is 11.7. The summed E-state index contributed by atoms with van der Waals surface area (Å²) >= 11 is 1.87. The fourth-order valence-electron chi connectivity index (χ4n) is 8.87. The molecule has 9 aromatic rings. The maximum absolute atomic E-state index is 5.66. The van der Waals surface area contributed by atoms with Crippen LogP contribution in [0.1, 0.15) is 48.4 Å². The Morgan fingerprint density at radius 1 is 0.614 bits per heavy atom. The van der Waals surface area contributed by atoms with E-state index in [9.17, 15) is 0 Å². The Kier molecular flexibility index (Phi) is 8.18. The number of para-hydroxylation sites is 1. The number of nitrogens with zero attached hydrogens (tertiary/aromatic N) is 3. The molecule has 3 nitrogen and oxygen atoms in total. The number of allylic oxidation sites excluding steroid dienone is 5. The molecule has 0 spiro atoms. The predicted octanol–water partition coefficient (Wildman–Crippen LogP) is 14.4. The van der Waals surface area contributed by atoms with Gasteiger partial charge in [0.25, 0.3) is 0 Å². The van der Waals surface area contributed by atoms with E-state index in [4.69, 9.17) is 9.98 Å². The highest BCUT2D eigenvalue weighted by Gasteiger charge is 2.24. The molecule has 7 aromatic carbocycles. The van der Waals surface area contributed by atoms with Crippen LogP contribution < -0.4 is 0 Å². The first-order valence-corrected chi connectivity index (χ1v) is 20.8. The van der Waals surface area contributed by atoms with Gasteiger partial charge in [0.2, 0.25) is 0 Å². The first-order chi connectivity index (χ1) is 28.2. The Balaban J connectivity index is 1.22. The number of thiophene rings is 1. The topological polar surface area (TPSA) is 29.6 Å². The molecule has 2 aromatic heterocycles. The van der Waals surface area contributed by atoms with Crippen LogP contribution in [0.3, 0.4) is 0 Å². The lowest BCUT2D eigenvalue weighted by molar-refractivity contribution is 0.790. The first-order valence-electron chi connectivity index (χ1n) is 19.9. The SMILES string of the molecule is CC1C/C=C(\c2ccc3c(sc4ccccc43)c2-n2c3ccccc3c3cc4ccccc4cc32)N=C(c2cccc(C3=CC=CCC3)c2)N=C1c1ccccc1. The molecule has 0 N–H and O–H groups in total. The number of rotatable bonds is 5. The summed E-state index contributed by atoms with van der Waals surface area (Å²) in [6.45, 7) is 2.30. The molecule has 0 saturated carbocycles. The molecule has 0 saturated heterocycles. The molecule has 3 heterocycles. The van der Waals surface area contributed by atoms with E-state index >= 15 is 0 Å². The van der Waals surface area contributed by atoms with Crippen molar-refractivity contribution < 1.29 is 0 Å². The number of fused-ring (bicyclic) bond motifs is 7. The van der Waals surface area contributed by atoms with E-state index in [1.165, 1.54) is 63.9 Å². The Labute approximate surface area is 336 Å². The maximum Gasteiger partial charge on any atom is 0.160 e. The minimum atomic E-state index is 0.165. The fraction of sp³-hybridized carbons (Fsp3) is 0.0943. The number of benzene rings is 7. The van der Waals surface area contributed by atoms with Crippen LogP contribution in [0.4, 0.5) is 0 Å². The second-order valence-electron chi connectivity index (χ2n) is 15.3. The highest BCUT2D eigenvalue weighted by Crippen LogP contribution is 2.45. The monoisotopic (exact) mass is 749 g/mol. The molecule has 11 rings (SSSR count). The number of hydrogen-bond donors (Lipinski definition) is 0. The van der Waals surface area contributed by atoms with Gasteiger partial charge in [-0.1, -0.05) is 146 Å². The van der Waals surface area contributed by atoms with Crippen molar-refractivity contribution in [2.45, 2.75) is 26.2 Å². The van der Waals surface area contributed by atoms with Crippen LogP contribution >= 0.6 is 11.3 Å². The van der Waals surface area contributed by atoms with Crippen molar-refractivity contribution in [3.8, 4) is 5.69 Å². The third kappa shape index (κ3) is 5.79. The van der Waals surface area contributed by atoms with Gasteiger partial charge in [-0.05, 0) is 83.1 Å². The van der Waals surface area contributed by atoms with Crippen molar-refractivity contribution in [2.75, 3.05) is 0 Å². The second kappa shape index (κ2) is 13.8. The second-order valence-corrected chi connectivity index (χ2v) is 16.3. The molecule has 1 unspecified atom stereocenters. The number of aromatic nitrogens is 1. The fourth-order valence-corrected chi connectivity index (χ4v) is 10.1. The van der Waals surface area contributed by atoms with Gasteiger partial charge in [0, 0.05) is 43.3 Å². The summed E-state index contributed by atoms with van der Waals surface area (Å²) in [6.07, 6.45) is 11.9. The highest BCUT2D eigenvalue weighted by atomic mass is 32.1. The number of amidine groups is 1. The van der Waals surface area contributed by atoms with Crippen molar-refractivity contribution in [1.29, 1.82) is 0 Å². The van der Waals surface area contributed by atoms with Gasteiger partial charge >= 0.3 is 0 Å². The van der Waals surface area contributed by atoms with E-state index < -0.39 is 0 Å². The standard InChI is InChI=1S/C53H39N3S/c1-34-27-30-46(54-53(55-50(34)36-17-6-3-7-18-36)40-22-14-21-37(31-40)35-15-4-2-5-16-35)44-29-28-43-42-24-11-13-26-49(42)57-52(43)51(44)56-47-25-12-10-23-41(47)45-32-38-19-8-9-20-39(38)33-48(45)56/h2-4,6-15,17-26,28-34H,5,16,27H2,1H3/b46-30+,54-53?,55-50?. The lowest BCUT2D eigenvalue weighted by Gasteiger charge is -2.21. The Bertz CT molecular complexity index is 3220. The molecular formula is C53H39N3S. The van der Waals surface area contributed by atoms with Gasteiger partial charge in [0.15, 0.2) is 5.84 Å². The predicted molar refractivity (Wildman–Crippen MR) is 245 cm³/mol. The van der Waals surface area contributed by atoms with E-state index in [1.807, 2.05) is 11.3 Å². The smallest absolute Gasteiger partial charge is 0.160 e. The van der Waals surface area contributed by atoms with Gasteiger partial charge in [0.05, 0.1) is 32.8 Å². The van der Waals surface area contributed by atoms with Gasteiger partial charge in [-0.15, -0.1) is 11.3 Å². The number of hydrogen-bond acceptors (Lipinski definition) is 3. The Morgan fingerprint density at radius 2 is 1.37 bits per heavy atom. The maximum atomic E-state index is 5.66. The van der Waals surface area contributed by atoms with Crippen molar-refractivity contribution >= 4 is 86.9 Å². The zero-order valence-electron chi connectivity index (χ0n) is 31.7. The van der Waals surface area contributed by atoms with Crippen molar-refractivity contribution in [2.24, 2.45) is 15.9 Å². The summed E-state index contributed by atoms with van der Waals surface area (Å²) in [5.74, 6) is 0.898. The third-order valence-corrected chi connectivity index (χ3v) is 12.9. The van der Waals surface area contributed by atoms with Crippen LogP contribution in [0.15, 0.2) is 186 Å². The average Bonchev–Trinajstić information content (AvgIpc) is 3.80. The van der Waals surface area contributed by atoms with Crippen LogP contribution in [0.2, 0.25) is 0 Å². The molecule has 1 atom stereocenters. The number of aliphatic imine (C=N–C) groups is 2. The van der Waals surface area contributed by atoms with Gasteiger partial charge < -0.3 is 4.57 Å². The van der Waals surface area contributed by atoms with E-state index in [1.54, 1.807) is 0 Å². The summed E-state index contributed by atoms with van der Waals surface area (Å²) < 4.78 is 5.05. The Morgan fingerprint density at radius 3 is 2.23 bits per heavy atom. The van der Waals surface area contributed by atoms with Crippen molar-refractivity contribution in [3.63, 3.8) is 0 Å². The Hall–Kier alpha value is -6.62. The molecule has 0 amide bonds. The molecule has 2 aliphatic rings. The molecule has 0 bridgehead atoms. The quantitative estimate of drug-likeness (QED) is 0.168. The van der Waals surface area contributed by atoms with Gasteiger partial charge in [-0.2, -0.15) is 0 Å². The van der Waals surface area contributed by atoms with Gasteiger partial charge in [-0.25, -0.2) is 9.98 Å². The van der Waals surface area contributed by atoms with Crippen LogP contribution in [-0.4, -0.2) is 16.1 Å². The largest absolute Gasteiger partial charge is 0.307 e. The minimum Gasteiger partial charge on any atom is -0.307 e. The zero-order chi connectivity index (χ0) is 37.9. The molecule has 272 valence electrons. The summed E-state index contributed by atoms with van der Waals surface area (Å²) in [6, 6.07) is 55.2. The summed E-state index contributed by atoms with van der Waals surface area (Å²) in [5.41, 5.74) is 11.4. The van der Waals surface area contributed by atoms with E-state index in [2.05, 4.69) is 187 Å². The molecule has 1 aliphatic heterocycles. The van der Waals surface area contributed by atoms with Crippen LogP contribution in [0, 0.1) is 5.92 Å². The first kappa shape index (κ1) is 33.7. The molecule has 1 aliphatic carbocycles. The minimum absolute atomic E-state index is 0.165. The lowest BCUT2D eigenvalue weighted by Crippen LogP contribution is -2.17. The highest BCUT2D eigenvalue weighted by molar-refractivity contribution is 7.26. The van der Waals surface area contributed by atoms with Crippen LogP contribution in [0.25, 0.3) is 69.7 Å². The average molecular weight is 750 g/mol. The molecule has 4 heteroatoms. The van der Waals surface area contributed by atoms with Crippen molar-refractivity contribution in [1.82, 2.24) is 4.57 Å². The van der Waals surface area contributed by atoms with E-state index in [0.717, 1.165) is 58.9 Å². The zero-order valence-corrected chi connectivity index (χ0v) is 32.5. The molecule has 0 fully saturated rings. The van der Waals surface area contributed by atoms with Gasteiger partial charge in [0.1, 0.15) is 0 Å². The summed E-state index contributed by atoms with van der Waals surface area (Å²) in [7, 11) is 0. The summed E-state index contributed by atoms with van der Waals surface area (Å²) in [4.78, 5) is 11.2. The molecule has 57 heavy (non-hydrogen) atoms. The van der Waals surface area contributed by atoms with Crippen LogP contribution in [0.5, 0.6) is 0 Å². The van der Waals surface area contributed by atoms with Gasteiger partial charge in [-0.3, -0.25) is 0 Å². The molecular weight excluding hydrogens is 711 g/mol. The lowest BCUT2D eigenvalue weighted by atomic mass is 9.92. The molecule has 0 radical (unpaired) electrons.